The number of hydrogen-bond acceptors (Lipinski definition) is 5. The van der Waals surface area contributed by atoms with Crippen molar-refractivity contribution < 1.29 is 12.9 Å². The number of nitrogens with zero attached hydrogens (tertiary/aromatic N) is 1. The Labute approximate surface area is 124 Å². The van der Waals surface area contributed by atoms with Crippen molar-refractivity contribution in [3.63, 3.8) is 0 Å². The van der Waals surface area contributed by atoms with E-state index in [0.29, 0.717) is 22.7 Å². The highest BCUT2D eigenvalue weighted by molar-refractivity contribution is 7.89. The molecule has 2 aromatic rings. The number of benzene rings is 1. The van der Waals surface area contributed by atoms with Crippen molar-refractivity contribution in [2.24, 2.45) is 0 Å². The minimum atomic E-state index is -3.57. The van der Waals surface area contributed by atoms with Gasteiger partial charge in [0.05, 0.1) is 17.1 Å². The molecule has 7 heteroatoms. The van der Waals surface area contributed by atoms with Crippen molar-refractivity contribution in [1.29, 1.82) is 0 Å². The number of nitrogens with one attached hydrogen (secondary N) is 2. The second-order valence-electron chi connectivity index (χ2n) is 4.70. The first-order valence-corrected chi connectivity index (χ1v) is 8.20. The summed E-state index contributed by atoms with van der Waals surface area (Å²) in [6.07, 6.45) is 1.41. The molecule has 0 spiro atoms. The van der Waals surface area contributed by atoms with Gasteiger partial charge in [-0.05, 0) is 30.7 Å². The van der Waals surface area contributed by atoms with E-state index in [0.717, 1.165) is 12.1 Å². The van der Waals surface area contributed by atoms with E-state index in [1.165, 1.54) is 6.26 Å². The molecule has 1 aromatic carbocycles. The summed E-state index contributed by atoms with van der Waals surface area (Å²) in [5.74, 6) is 0. The van der Waals surface area contributed by atoms with Crippen LogP contribution in [0.25, 0.3) is 0 Å². The van der Waals surface area contributed by atoms with Crippen LogP contribution in [0.5, 0.6) is 0 Å². The molecule has 0 aliphatic rings. The van der Waals surface area contributed by atoms with Crippen LogP contribution < -0.4 is 10.0 Å². The zero-order chi connectivity index (χ0) is 15.3. The van der Waals surface area contributed by atoms with Crippen LogP contribution in [0, 0.1) is 6.92 Å². The van der Waals surface area contributed by atoms with E-state index in [-0.39, 0.29) is 6.54 Å². The molecule has 0 amide bonds. The van der Waals surface area contributed by atoms with Gasteiger partial charge in [0.1, 0.15) is 6.26 Å². The Hall–Kier alpha value is -1.70. The molecule has 0 aliphatic heterocycles. The summed E-state index contributed by atoms with van der Waals surface area (Å²) < 4.78 is 32.0. The third-order valence-electron chi connectivity index (χ3n) is 3.06. The van der Waals surface area contributed by atoms with Crippen LogP contribution in [-0.2, 0) is 23.1 Å². The predicted octanol–water partition coefficient (Wildman–Crippen LogP) is 1.57. The monoisotopic (exact) mass is 309 g/mol. The van der Waals surface area contributed by atoms with Crippen molar-refractivity contribution in [3.8, 4) is 0 Å². The lowest BCUT2D eigenvalue weighted by molar-refractivity contribution is 0.411. The Kier molecular flexibility index (Phi) is 5.11. The average molecular weight is 309 g/mol. The maximum atomic E-state index is 12.4. The van der Waals surface area contributed by atoms with Gasteiger partial charge in [-0.1, -0.05) is 24.2 Å². The Morgan fingerprint density at radius 2 is 2.05 bits per heavy atom. The van der Waals surface area contributed by atoms with Crippen LogP contribution >= 0.6 is 0 Å². The summed E-state index contributed by atoms with van der Waals surface area (Å²) in [7, 11) is -3.57. The van der Waals surface area contributed by atoms with E-state index >= 15 is 0 Å². The van der Waals surface area contributed by atoms with Crippen LogP contribution in [0.2, 0.25) is 0 Å². The normalized spacial score (nSPS) is 11.7. The van der Waals surface area contributed by atoms with Gasteiger partial charge in [0.25, 0.3) is 0 Å². The van der Waals surface area contributed by atoms with Gasteiger partial charge in [-0.3, -0.25) is 0 Å². The molecule has 6 nitrogen and oxygen atoms in total. The Bertz CT molecular complexity index is 681. The van der Waals surface area contributed by atoms with Gasteiger partial charge in [-0.2, -0.15) is 0 Å². The van der Waals surface area contributed by atoms with Gasteiger partial charge >= 0.3 is 0 Å². The SMILES string of the molecule is CCNCc1ccc(C)c(S(=O)(=O)NCc2ccon2)c1. The zero-order valence-electron chi connectivity index (χ0n) is 12.1. The van der Waals surface area contributed by atoms with E-state index in [1.807, 2.05) is 19.1 Å². The fourth-order valence-corrected chi connectivity index (χ4v) is 3.18. The van der Waals surface area contributed by atoms with Gasteiger partial charge in [0.2, 0.25) is 10.0 Å². The van der Waals surface area contributed by atoms with Gasteiger partial charge < -0.3 is 9.84 Å². The number of hydrogen-bond donors (Lipinski definition) is 2. The minimum absolute atomic E-state index is 0.107. The van der Waals surface area contributed by atoms with Crippen molar-refractivity contribution >= 4 is 10.0 Å². The fraction of sp³-hybridized carbons (Fsp3) is 0.357. The molecule has 21 heavy (non-hydrogen) atoms. The maximum Gasteiger partial charge on any atom is 0.241 e. The highest BCUT2D eigenvalue weighted by Gasteiger charge is 2.17. The lowest BCUT2D eigenvalue weighted by atomic mass is 10.1. The Morgan fingerprint density at radius 3 is 2.71 bits per heavy atom. The standard InChI is InChI=1S/C14H19N3O3S/c1-3-15-9-12-5-4-11(2)14(8-12)21(18,19)16-10-13-6-7-20-17-13/h4-8,15-16H,3,9-10H2,1-2H3. The van der Waals surface area contributed by atoms with Crippen molar-refractivity contribution in [1.82, 2.24) is 15.2 Å². The first-order valence-electron chi connectivity index (χ1n) is 6.72. The van der Waals surface area contributed by atoms with Crippen LogP contribution in [0.1, 0.15) is 23.7 Å². The highest BCUT2D eigenvalue weighted by Crippen LogP contribution is 2.17. The van der Waals surface area contributed by atoms with E-state index in [1.54, 1.807) is 19.1 Å². The summed E-state index contributed by atoms with van der Waals surface area (Å²) in [4.78, 5) is 0.293. The third kappa shape index (κ3) is 4.13. The van der Waals surface area contributed by atoms with Gasteiger partial charge in [0.15, 0.2) is 0 Å². The average Bonchev–Trinajstić information content (AvgIpc) is 2.97. The third-order valence-corrected chi connectivity index (χ3v) is 4.60. The molecule has 0 radical (unpaired) electrons. The number of sulfonamides is 1. The smallest absolute Gasteiger partial charge is 0.241 e. The quantitative estimate of drug-likeness (QED) is 0.811. The molecular weight excluding hydrogens is 290 g/mol. The molecule has 1 aromatic heterocycles. The Balaban J connectivity index is 2.17. The van der Waals surface area contributed by atoms with E-state index in [4.69, 9.17) is 0 Å². The van der Waals surface area contributed by atoms with Gasteiger partial charge in [0, 0.05) is 12.6 Å². The molecule has 0 atom stereocenters. The molecule has 0 saturated heterocycles. The first-order chi connectivity index (χ1) is 10.0. The van der Waals surface area contributed by atoms with Crippen LogP contribution in [0.4, 0.5) is 0 Å². The lowest BCUT2D eigenvalue weighted by Gasteiger charge is -2.11. The van der Waals surface area contributed by atoms with E-state index in [2.05, 4.69) is 19.7 Å². The number of aryl methyl sites for hydroxylation is 1. The Morgan fingerprint density at radius 1 is 1.24 bits per heavy atom. The summed E-state index contributed by atoms with van der Waals surface area (Å²) in [5, 5.41) is 6.86. The van der Waals surface area contributed by atoms with Crippen molar-refractivity contribution in [2.75, 3.05) is 6.54 Å². The predicted molar refractivity (Wildman–Crippen MR) is 79.1 cm³/mol. The van der Waals surface area contributed by atoms with Crippen molar-refractivity contribution in [2.45, 2.75) is 31.8 Å². The highest BCUT2D eigenvalue weighted by atomic mass is 32.2. The molecule has 2 N–H and O–H groups in total. The van der Waals surface area contributed by atoms with E-state index in [9.17, 15) is 8.42 Å². The minimum Gasteiger partial charge on any atom is -0.364 e. The molecule has 0 unspecified atom stereocenters. The molecule has 1 heterocycles. The number of rotatable bonds is 7. The van der Waals surface area contributed by atoms with Crippen LogP contribution in [0.3, 0.4) is 0 Å². The second kappa shape index (κ2) is 6.84. The topological polar surface area (TPSA) is 84.2 Å². The second-order valence-corrected chi connectivity index (χ2v) is 6.43. The van der Waals surface area contributed by atoms with Crippen LogP contribution in [-0.4, -0.2) is 20.1 Å². The number of aromatic nitrogens is 1. The molecule has 0 bridgehead atoms. The summed E-state index contributed by atoms with van der Waals surface area (Å²) in [6.45, 7) is 5.37. The van der Waals surface area contributed by atoms with E-state index < -0.39 is 10.0 Å². The molecule has 0 fully saturated rings. The summed E-state index contributed by atoms with van der Waals surface area (Å²) in [5.41, 5.74) is 2.19. The molecule has 114 valence electrons. The first kappa shape index (κ1) is 15.7. The summed E-state index contributed by atoms with van der Waals surface area (Å²) >= 11 is 0. The largest absolute Gasteiger partial charge is 0.364 e. The molecular formula is C14H19N3O3S. The molecule has 0 saturated carbocycles. The van der Waals surface area contributed by atoms with Gasteiger partial charge in [-0.15, -0.1) is 0 Å². The molecule has 0 aliphatic carbocycles. The lowest BCUT2D eigenvalue weighted by Crippen LogP contribution is -2.24. The van der Waals surface area contributed by atoms with Crippen molar-refractivity contribution in [3.05, 3.63) is 47.3 Å². The van der Waals surface area contributed by atoms with Gasteiger partial charge in [-0.25, -0.2) is 13.1 Å². The maximum absolute atomic E-state index is 12.4. The summed E-state index contributed by atoms with van der Waals surface area (Å²) in [6, 6.07) is 7.06. The fourth-order valence-electron chi connectivity index (χ4n) is 1.89. The van der Waals surface area contributed by atoms with Crippen LogP contribution in [0.15, 0.2) is 39.9 Å². The zero-order valence-corrected chi connectivity index (χ0v) is 12.9. The molecule has 2 rings (SSSR count).